The van der Waals surface area contributed by atoms with Crippen molar-refractivity contribution in [3.63, 3.8) is 0 Å². The van der Waals surface area contributed by atoms with E-state index < -0.39 is 11.7 Å². The molecule has 2 aromatic carbocycles. The molecule has 0 aromatic heterocycles. The largest absolute Gasteiger partial charge is 0.416 e. The lowest BCUT2D eigenvalue weighted by atomic mass is 9.98. The first kappa shape index (κ1) is 18.8. The van der Waals surface area contributed by atoms with Crippen LogP contribution < -0.4 is 10.6 Å². The number of carbonyl (C=O) groups excluding carboxylic acids is 1. The number of carbonyl (C=O) groups is 1. The van der Waals surface area contributed by atoms with Crippen LogP contribution in [0, 0.1) is 6.92 Å². The van der Waals surface area contributed by atoms with Crippen molar-refractivity contribution in [2.45, 2.75) is 32.9 Å². The van der Waals surface area contributed by atoms with E-state index in [9.17, 15) is 18.0 Å². The van der Waals surface area contributed by atoms with Gasteiger partial charge in [-0.05, 0) is 42.2 Å². The second-order valence-electron chi connectivity index (χ2n) is 6.17. The van der Waals surface area contributed by atoms with Crippen LogP contribution in [-0.4, -0.2) is 12.5 Å². The fourth-order valence-electron chi connectivity index (χ4n) is 2.51. The number of para-hydroxylation sites is 1. The van der Waals surface area contributed by atoms with E-state index in [0.717, 1.165) is 28.9 Å². The smallest absolute Gasteiger partial charge is 0.376 e. The van der Waals surface area contributed by atoms with E-state index in [2.05, 4.69) is 10.6 Å². The van der Waals surface area contributed by atoms with Crippen molar-refractivity contribution in [3.05, 3.63) is 59.2 Å². The van der Waals surface area contributed by atoms with Crippen molar-refractivity contribution in [2.75, 3.05) is 17.2 Å². The molecule has 2 N–H and O–H groups in total. The molecule has 0 aliphatic heterocycles. The zero-order chi connectivity index (χ0) is 18.6. The molecular weight excluding hydrogens is 329 g/mol. The molecule has 0 saturated heterocycles. The fraction of sp³-hybridized carbons (Fsp3) is 0.316. The van der Waals surface area contributed by atoms with Crippen LogP contribution in [0.3, 0.4) is 0 Å². The molecule has 0 aliphatic rings. The summed E-state index contributed by atoms with van der Waals surface area (Å²) in [5.74, 6) is -0.0692. The Bertz CT molecular complexity index is 755. The first-order chi connectivity index (χ1) is 11.7. The number of benzene rings is 2. The topological polar surface area (TPSA) is 41.1 Å². The SMILES string of the molecule is Cc1cccc(C(C)C)c1NC(=O)CNc1cccc(C(F)(F)F)c1. The van der Waals surface area contributed by atoms with Crippen molar-refractivity contribution in [3.8, 4) is 0 Å². The van der Waals surface area contributed by atoms with Crippen molar-refractivity contribution in [1.82, 2.24) is 0 Å². The summed E-state index contributed by atoms with van der Waals surface area (Å²) in [6.45, 7) is 5.85. The van der Waals surface area contributed by atoms with E-state index in [1.807, 2.05) is 39.0 Å². The van der Waals surface area contributed by atoms with E-state index in [4.69, 9.17) is 0 Å². The van der Waals surface area contributed by atoms with Gasteiger partial charge in [-0.3, -0.25) is 4.79 Å². The fourth-order valence-corrected chi connectivity index (χ4v) is 2.51. The van der Waals surface area contributed by atoms with E-state index in [1.54, 1.807) is 0 Å². The Balaban J connectivity index is 2.05. The van der Waals surface area contributed by atoms with Crippen LogP contribution in [0.15, 0.2) is 42.5 Å². The molecule has 0 unspecified atom stereocenters. The van der Waals surface area contributed by atoms with Gasteiger partial charge in [0.1, 0.15) is 0 Å². The standard InChI is InChI=1S/C19H21F3N2O/c1-12(2)16-9-4-6-13(3)18(16)24-17(25)11-23-15-8-5-7-14(10-15)19(20,21)22/h4-10,12,23H,11H2,1-3H3,(H,24,25). The highest BCUT2D eigenvalue weighted by Gasteiger charge is 2.30. The number of halogens is 3. The van der Waals surface area contributed by atoms with Gasteiger partial charge in [-0.2, -0.15) is 13.2 Å². The lowest BCUT2D eigenvalue weighted by Crippen LogP contribution is -2.23. The highest BCUT2D eigenvalue weighted by Crippen LogP contribution is 2.31. The van der Waals surface area contributed by atoms with Crippen LogP contribution in [0.5, 0.6) is 0 Å². The van der Waals surface area contributed by atoms with E-state index in [0.29, 0.717) is 0 Å². The molecule has 0 saturated carbocycles. The molecular formula is C19H21F3N2O. The lowest BCUT2D eigenvalue weighted by Gasteiger charge is -2.17. The van der Waals surface area contributed by atoms with E-state index in [-0.39, 0.29) is 24.1 Å². The van der Waals surface area contributed by atoms with Crippen molar-refractivity contribution in [2.24, 2.45) is 0 Å². The molecule has 0 heterocycles. The number of amides is 1. The minimum Gasteiger partial charge on any atom is -0.376 e. The predicted molar refractivity (Wildman–Crippen MR) is 93.8 cm³/mol. The third-order valence-electron chi connectivity index (χ3n) is 3.83. The van der Waals surface area contributed by atoms with Crippen molar-refractivity contribution >= 4 is 17.3 Å². The van der Waals surface area contributed by atoms with E-state index >= 15 is 0 Å². The van der Waals surface area contributed by atoms with Crippen LogP contribution >= 0.6 is 0 Å². The number of nitrogens with one attached hydrogen (secondary N) is 2. The van der Waals surface area contributed by atoms with Gasteiger partial charge in [-0.15, -0.1) is 0 Å². The first-order valence-electron chi connectivity index (χ1n) is 7.99. The third-order valence-corrected chi connectivity index (χ3v) is 3.83. The zero-order valence-electron chi connectivity index (χ0n) is 14.4. The van der Waals surface area contributed by atoms with Gasteiger partial charge in [-0.1, -0.05) is 38.1 Å². The Labute approximate surface area is 145 Å². The Morgan fingerprint density at radius 3 is 2.44 bits per heavy atom. The molecule has 1 amide bonds. The molecule has 0 atom stereocenters. The summed E-state index contributed by atoms with van der Waals surface area (Å²) in [6.07, 6.45) is -4.41. The Morgan fingerprint density at radius 2 is 1.80 bits per heavy atom. The van der Waals surface area contributed by atoms with Gasteiger partial charge < -0.3 is 10.6 Å². The number of alkyl halides is 3. The van der Waals surface area contributed by atoms with Gasteiger partial charge in [0.15, 0.2) is 0 Å². The summed E-state index contributed by atoms with van der Waals surface area (Å²) in [4.78, 5) is 12.2. The second kappa shape index (κ2) is 7.59. The Hall–Kier alpha value is -2.50. The van der Waals surface area contributed by atoms with Crippen LogP contribution in [0.4, 0.5) is 24.5 Å². The van der Waals surface area contributed by atoms with Gasteiger partial charge in [0, 0.05) is 11.4 Å². The molecule has 0 spiro atoms. The lowest BCUT2D eigenvalue weighted by molar-refractivity contribution is -0.137. The average Bonchev–Trinajstić information content (AvgIpc) is 2.54. The molecule has 3 nitrogen and oxygen atoms in total. The van der Waals surface area contributed by atoms with Gasteiger partial charge in [0.05, 0.1) is 12.1 Å². The summed E-state index contributed by atoms with van der Waals surface area (Å²) < 4.78 is 38.1. The number of anilines is 2. The van der Waals surface area contributed by atoms with Crippen molar-refractivity contribution < 1.29 is 18.0 Å². The molecule has 6 heteroatoms. The van der Waals surface area contributed by atoms with Gasteiger partial charge in [0.25, 0.3) is 0 Å². The summed E-state index contributed by atoms with van der Waals surface area (Å²) >= 11 is 0. The normalized spacial score (nSPS) is 11.5. The number of aryl methyl sites for hydroxylation is 1. The van der Waals surface area contributed by atoms with Crippen LogP contribution in [0.25, 0.3) is 0 Å². The molecule has 2 rings (SSSR count). The maximum Gasteiger partial charge on any atom is 0.416 e. The zero-order valence-corrected chi connectivity index (χ0v) is 14.4. The first-order valence-corrected chi connectivity index (χ1v) is 7.99. The second-order valence-corrected chi connectivity index (χ2v) is 6.17. The molecule has 25 heavy (non-hydrogen) atoms. The quantitative estimate of drug-likeness (QED) is 0.779. The Kier molecular flexibility index (Phi) is 5.72. The van der Waals surface area contributed by atoms with Gasteiger partial charge in [0.2, 0.25) is 5.91 Å². The molecule has 0 bridgehead atoms. The number of rotatable bonds is 5. The summed E-state index contributed by atoms with van der Waals surface area (Å²) in [6, 6.07) is 10.6. The molecule has 2 aromatic rings. The molecule has 134 valence electrons. The van der Waals surface area contributed by atoms with Gasteiger partial charge in [-0.25, -0.2) is 0 Å². The molecule has 0 radical (unpaired) electrons. The highest BCUT2D eigenvalue weighted by molar-refractivity contribution is 5.95. The summed E-state index contributed by atoms with van der Waals surface area (Å²) in [5, 5.41) is 5.58. The summed E-state index contributed by atoms with van der Waals surface area (Å²) in [7, 11) is 0. The average molecular weight is 350 g/mol. The third kappa shape index (κ3) is 4.98. The highest BCUT2D eigenvalue weighted by atomic mass is 19.4. The molecule has 0 fully saturated rings. The monoisotopic (exact) mass is 350 g/mol. The van der Waals surface area contributed by atoms with Gasteiger partial charge >= 0.3 is 6.18 Å². The maximum atomic E-state index is 12.7. The predicted octanol–water partition coefficient (Wildman–Crippen LogP) is 5.19. The minimum absolute atomic E-state index is 0.118. The van der Waals surface area contributed by atoms with Crippen LogP contribution in [-0.2, 0) is 11.0 Å². The minimum atomic E-state index is -4.41. The molecule has 0 aliphatic carbocycles. The van der Waals surface area contributed by atoms with Crippen LogP contribution in [0.1, 0.15) is 36.5 Å². The van der Waals surface area contributed by atoms with Crippen molar-refractivity contribution in [1.29, 1.82) is 0 Å². The summed E-state index contributed by atoms with van der Waals surface area (Å²) in [5.41, 5.74) is 2.22. The number of hydrogen-bond donors (Lipinski definition) is 2. The van der Waals surface area contributed by atoms with Crippen LogP contribution in [0.2, 0.25) is 0 Å². The Morgan fingerprint density at radius 1 is 1.12 bits per heavy atom. The number of hydrogen-bond acceptors (Lipinski definition) is 2. The maximum absolute atomic E-state index is 12.7. The van der Waals surface area contributed by atoms with E-state index in [1.165, 1.54) is 12.1 Å².